The maximum absolute atomic E-state index is 12.4. The molecule has 0 saturated carbocycles. The second kappa shape index (κ2) is 7.71. The monoisotopic (exact) mass is 422 g/mol. The molecule has 5 atom stereocenters. The molecule has 10 heteroatoms. The van der Waals surface area contributed by atoms with Crippen molar-refractivity contribution in [2.45, 2.75) is 50.3 Å². The molecule has 1 aromatic carbocycles. The number of rotatable bonds is 5. The smallest absolute Gasteiger partial charge is 0.343 e. The van der Waals surface area contributed by atoms with Crippen LogP contribution in [0.3, 0.4) is 0 Å². The molecule has 0 bridgehead atoms. The average Bonchev–Trinajstić information content (AvgIpc) is 3.07. The van der Waals surface area contributed by atoms with Crippen LogP contribution in [0.15, 0.2) is 12.1 Å². The number of halogens is 2. The Bertz CT molecular complexity index is 725. The molecular weight excluding hydrogens is 403 g/mol. The third kappa shape index (κ3) is 4.02. The van der Waals surface area contributed by atoms with E-state index in [1.807, 2.05) is 0 Å². The Balaban J connectivity index is 1.63. The minimum atomic E-state index is -1.31. The minimum absolute atomic E-state index is 0.0583. The highest BCUT2D eigenvalue weighted by atomic mass is 35.5. The highest BCUT2D eigenvalue weighted by Gasteiger charge is 2.56. The van der Waals surface area contributed by atoms with Gasteiger partial charge in [-0.1, -0.05) is 23.2 Å². The summed E-state index contributed by atoms with van der Waals surface area (Å²) in [5.74, 6) is -1.66. The van der Waals surface area contributed by atoms with E-state index in [-0.39, 0.29) is 21.4 Å². The minimum Gasteiger partial charge on any atom is -0.494 e. The molecule has 0 aromatic heterocycles. The standard InChI is InChI=1S/C17H20Cl2O8/c1-17(2)26-14-11(21)13(25-16(14)27-17)9(20)6-24-15(22)10-7(18)4-5-8(19)12(10)23-3/h4-5,9,11,13-14,16,20-21H,6H2,1-3H3/t9-,11+,13-,14-,16-/m1/s1. The Labute approximate surface area is 165 Å². The third-order valence-electron chi connectivity index (χ3n) is 4.28. The van der Waals surface area contributed by atoms with E-state index in [1.165, 1.54) is 19.2 Å². The molecule has 27 heavy (non-hydrogen) atoms. The van der Waals surface area contributed by atoms with Crippen LogP contribution in [0.2, 0.25) is 10.0 Å². The Hall–Kier alpha value is -1.13. The topological polar surface area (TPSA) is 104 Å². The normalized spacial score (nSPS) is 30.0. The lowest BCUT2D eigenvalue weighted by Crippen LogP contribution is -2.43. The summed E-state index contributed by atoms with van der Waals surface area (Å²) in [6.45, 7) is 2.93. The van der Waals surface area contributed by atoms with Gasteiger partial charge in [0.2, 0.25) is 0 Å². The van der Waals surface area contributed by atoms with Crippen molar-refractivity contribution in [1.29, 1.82) is 0 Å². The van der Waals surface area contributed by atoms with Crippen LogP contribution in [0.4, 0.5) is 0 Å². The van der Waals surface area contributed by atoms with Crippen LogP contribution in [-0.2, 0) is 18.9 Å². The summed E-state index contributed by atoms with van der Waals surface area (Å²) in [5.41, 5.74) is -0.0583. The van der Waals surface area contributed by atoms with Gasteiger partial charge in [0.25, 0.3) is 0 Å². The lowest BCUT2D eigenvalue weighted by molar-refractivity contribution is -0.227. The molecule has 0 spiro atoms. The van der Waals surface area contributed by atoms with Crippen molar-refractivity contribution >= 4 is 29.2 Å². The predicted octanol–water partition coefficient (Wildman–Crippen LogP) is 1.76. The summed E-state index contributed by atoms with van der Waals surface area (Å²) in [6, 6.07) is 2.91. The quantitative estimate of drug-likeness (QED) is 0.691. The summed E-state index contributed by atoms with van der Waals surface area (Å²) in [6.07, 6.45) is -5.05. The number of hydrogen-bond donors (Lipinski definition) is 2. The van der Waals surface area contributed by atoms with Crippen LogP contribution in [0.5, 0.6) is 5.75 Å². The Kier molecular flexibility index (Phi) is 5.88. The molecule has 2 saturated heterocycles. The van der Waals surface area contributed by atoms with Gasteiger partial charge in [0, 0.05) is 0 Å². The van der Waals surface area contributed by atoms with Crippen molar-refractivity contribution in [3.63, 3.8) is 0 Å². The van der Waals surface area contributed by atoms with Gasteiger partial charge in [-0.25, -0.2) is 4.79 Å². The van der Waals surface area contributed by atoms with Crippen LogP contribution in [0.1, 0.15) is 24.2 Å². The molecule has 2 heterocycles. The van der Waals surface area contributed by atoms with Gasteiger partial charge in [0.1, 0.15) is 36.6 Å². The Morgan fingerprint density at radius 1 is 1.30 bits per heavy atom. The summed E-state index contributed by atoms with van der Waals surface area (Å²) in [7, 11) is 1.34. The van der Waals surface area contributed by atoms with Gasteiger partial charge in [-0.3, -0.25) is 0 Å². The molecular formula is C17H20Cl2O8. The summed E-state index contributed by atoms with van der Waals surface area (Å²) in [4.78, 5) is 12.4. The molecule has 8 nitrogen and oxygen atoms in total. The van der Waals surface area contributed by atoms with Crippen molar-refractivity contribution in [1.82, 2.24) is 0 Å². The summed E-state index contributed by atoms with van der Waals surface area (Å²) < 4.78 is 26.8. The maximum Gasteiger partial charge on any atom is 0.343 e. The van der Waals surface area contributed by atoms with Gasteiger partial charge < -0.3 is 33.9 Å². The fourth-order valence-electron chi connectivity index (χ4n) is 3.09. The van der Waals surface area contributed by atoms with Gasteiger partial charge in [0.15, 0.2) is 17.8 Å². The number of carbonyl (C=O) groups excluding carboxylic acids is 1. The first-order valence-corrected chi connectivity index (χ1v) is 8.96. The van der Waals surface area contributed by atoms with Crippen molar-refractivity contribution in [3.05, 3.63) is 27.7 Å². The number of aliphatic hydroxyl groups excluding tert-OH is 2. The van der Waals surface area contributed by atoms with E-state index in [0.29, 0.717) is 0 Å². The SMILES string of the molecule is COc1c(Cl)ccc(Cl)c1C(=O)OC[C@@H](O)[C@H]1O[C@@H]2OC(C)(C)O[C@@H]2[C@H]1O. The van der Waals surface area contributed by atoms with Gasteiger partial charge in [-0.15, -0.1) is 0 Å². The first-order valence-electron chi connectivity index (χ1n) is 8.21. The molecule has 3 rings (SSSR count). The first-order chi connectivity index (χ1) is 12.6. The van der Waals surface area contributed by atoms with Crippen molar-refractivity contribution in [2.24, 2.45) is 0 Å². The lowest BCUT2D eigenvalue weighted by Gasteiger charge is -2.25. The van der Waals surface area contributed by atoms with Crippen LogP contribution >= 0.6 is 23.2 Å². The molecule has 0 radical (unpaired) electrons. The molecule has 2 N–H and O–H groups in total. The Morgan fingerprint density at radius 2 is 1.96 bits per heavy atom. The number of carbonyl (C=O) groups is 1. The number of benzene rings is 1. The summed E-state index contributed by atoms with van der Waals surface area (Å²) in [5, 5.41) is 20.9. The predicted molar refractivity (Wildman–Crippen MR) is 94.0 cm³/mol. The number of hydrogen-bond acceptors (Lipinski definition) is 8. The van der Waals surface area contributed by atoms with Crippen LogP contribution in [-0.4, -0.2) is 66.4 Å². The third-order valence-corrected chi connectivity index (χ3v) is 4.90. The zero-order valence-electron chi connectivity index (χ0n) is 14.8. The van der Waals surface area contributed by atoms with Gasteiger partial charge in [-0.05, 0) is 26.0 Å². The molecule has 1 aromatic rings. The van der Waals surface area contributed by atoms with Crippen LogP contribution in [0.25, 0.3) is 0 Å². The molecule has 0 amide bonds. The molecule has 2 aliphatic rings. The zero-order valence-corrected chi connectivity index (χ0v) is 16.4. The van der Waals surface area contributed by atoms with E-state index in [0.717, 1.165) is 0 Å². The maximum atomic E-state index is 12.4. The van der Waals surface area contributed by atoms with Crippen LogP contribution < -0.4 is 4.74 Å². The molecule has 2 aliphatic heterocycles. The van der Waals surface area contributed by atoms with E-state index < -0.39 is 49.1 Å². The second-order valence-electron chi connectivity index (χ2n) is 6.66. The molecule has 0 aliphatic carbocycles. The number of fused-ring (bicyclic) bond motifs is 1. The average molecular weight is 423 g/mol. The van der Waals surface area contributed by atoms with E-state index in [9.17, 15) is 15.0 Å². The molecule has 150 valence electrons. The number of ether oxygens (including phenoxy) is 5. The fraction of sp³-hybridized carbons (Fsp3) is 0.588. The summed E-state index contributed by atoms with van der Waals surface area (Å²) >= 11 is 12.0. The number of methoxy groups -OCH3 is 1. The molecule has 0 unspecified atom stereocenters. The fourth-order valence-corrected chi connectivity index (χ4v) is 3.55. The highest BCUT2D eigenvalue weighted by Crippen LogP contribution is 2.38. The van der Waals surface area contributed by atoms with Gasteiger partial charge >= 0.3 is 5.97 Å². The van der Waals surface area contributed by atoms with Gasteiger partial charge in [-0.2, -0.15) is 0 Å². The van der Waals surface area contributed by atoms with Crippen molar-refractivity contribution in [2.75, 3.05) is 13.7 Å². The Morgan fingerprint density at radius 3 is 2.59 bits per heavy atom. The lowest BCUT2D eigenvalue weighted by atomic mass is 10.1. The van der Waals surface area contributed by atoms with E-state index in [2.05, 4.69) is 0 Å². The van der Waals surface area contributed by atoms with Crippen LogP contribution in [0, 0.1) is 0 Å². The number of esters is 1. The van der Waals surface area contributed by atoms with Gasteiger partial charge in [0.05, 0.1) is 17.2 Å². The van der Waals surface area contributed by atoms with E-state index >= 15 is 0 Å². The first kappa shape index (κ1) is 20.6. The van der Waals surface area contributed by atoms with E-state index in [1.54, 1.807) is 13.8 Å². The second-order valence-corrected chi connectivity index (χ2v) is 7.48. The van der Waals surface area contributed by atoms with Crippen molar-refractivity contribution in [3.8, 4) is 5.75 Å². The molecule has 2 fully saturated rings. The zero-order chi connectivity index (χ0) is 19.9. The highest BCUT2D eigenvalue weighted by molar-refractivity contribution is 6.37. The number of aliphatic hydroxyl groups is 2. The van der Waals surface area contributed by atoms with E-state index in [4.69, 9.17) is 46.9 Å². The largest absolute Gasteiger partial charge is 0.494 e. The van der Waals surface area contributed by atoms with Crippen molar-refractivity contribution < 1.29 is 38.7 Å².